The molecule has 55 heavy (non-hydrogen) atoms. The summed E-state index contributed by atoms with van der Waals surface area (Å²) in [4.78, 5) is 0. The third-order valence-corrected chi connectivity index (χ3v) is 25.4. The molecule has 4 aliphatic rings. The molecule has 0 saturated heterocycles. The van der Waals surface area contributed by atoms with Crippen LogP contribution in [0.3, 0.4) is 0 Å². The van der Waals surface area contributed by atoms with Crippen LogP contribution in [-0.4, -0.2) is 7.42 Å². The van der Waals surface area contributed by atoms with Crippen molar-refractivity contribution in [3.05, 3.63) is 160 Å². The van der Waals surface area contributed by atoms with Crippen molar-refractivity contribution in [3.63, 3.8) is 0 Å². The molecule has 0 N–H and O–H groups in total. The van der Waals surface area contributed by atoms with Gasteiger partial charge in [-0.25, -0.2) is 0 Å². The molecule has 284 valence electrons. The van der Waals surface area contributed by atoms with Crippen LogP contribution in [0.15, 0.2) is 105 Å². The first-order chi connectivity index (χ1) is 24.8. The summed E-state index contributed by atoms with van der Waals surface area (Å²) in [6.07, 6.45) is 7.54. The topological polar surface area (TPSA) is 0 Å². The van der Waals surface area contributed by atoms with Gasteiger partial charge in [0.05, 0.1) is 0 Å². The second-order valence-corrected chi connectivity index (χ2v) is 28.1. The maximum absolute atomic E-state index is 6.57. The summed E-state index contributed by atoms with van der Waals surface area (Å²) in [7, 11) is 0. The van der Waals surface area contributed by atoms with Crippen LogP contribution in [0.4, 0.5) is 0 Å². The minimum atomic E-state index is -4.14. The zero-order chi connectivity index (χ0) is 38.0. The van der Waals surface area contributed by atoms with Crippen molar-refractivity contribution < 1.29 is 44.1 Å². The van der Waals surface area contributed by atoms with Crippen molar-refractivity contribution in [2.75, 3.05) is 0 Å². The first-order valence-corrected chi connectivity index (χ1v) is 25.5. The van der Waals surface area contributed by atoms with Gasteiger partial charge in [-0.1, -0.05) is 0 Å². The third kappa shape index (κ3) is 6.91. The zero-order valence-corrected chi connectivity index (χ0v) is 39.5. The first kappa shape index (κ1) is 42.2. The Bertz CT molecular complexity index is 2360. The largest absolute Gasteiger partial charge is 1.00 e. The van der Waals surface area contributed by atoms with E-state index in [2.05, 4.69) is 175 Å². The molecular formula is C50H52Cl4Zr. The Morgan fingerprint density at radius 3 is 1.38 bits per heavy atom. The van der Waals surface area contributed by atoms with Crippen LogP contribution < -0.4 is 24.8 Å². The molecule has 1 atom stereocenters. The second-order valence-electron chi connectivity index (χ2n) is 18.5. The fourth-order valence-corrected chi connectivity index (χ4v) is 24.9. The maximum Gasteiger partial charge on any atom is -1.00 e. The van der Waals surface area contributed by atoms with E-state index in [0.29, 0.717) is 5.92 Å². The fraction of sp³-hybridized carbons (Fsp3) is 0.320. The van der Waals surface area contributed by atoms with Crippen LogP contribution >= 0.6 is 23.2 Å². The molecule has 5 heteroatoms. The molecule has 1 unspecified atom stereocenters. The minimum Gasteiger partial charge on any atom is -1.00 e. The fourth-order valence-electron chi connectivity index (χ4n) is 10.6. The molecule has 4 aromatic rings. The summed E-state index contributed by atoms with van der Waals surface area (Å²) in [6, 6.07) is 27.6. The maximum atomic E-state index is 6.57. The van der Waals surface area contributed by atoms with Crippen LogP contribution in [-0.2, 0) is 30.1 Å². The van der Waals surface area contributed by atoms with Gasteiger partial charge in [0.1, 0.15) is 0 Å². The van der Waals surface area contributed by atoms with Crippen LogP contribution in [0, 0.1) is 11.3 Å². The standard InChI is InChI=1S/C25H25.C11H17.2C7H5Cl.2ClH.Zr/c1-14-12-24(3,4)22-8-16-7-17-9-23-19(15(2)13-25(23,5)6)11-21(17)20(16)10-18(14)22;1-8-6-9(2)10(7-8)11(3,4)5;2*1-6-2-4-7(8)5-3-6;;;/h7-13H,1-6H3;7-8H,1-5H3;2*1-5H;2*1H;/q;;;;;;+2/p-2. The van der Waals surface area contributed by atoms with Gasteiger partial charge in [-0.05, 0) is 0 Å². The van der Waals surface area contributed by atoms with Gasteiger partial charge in [-0.2, -0.15) is 0 Å². The van der Waals surface area contributed by atoms with E-state index in [1.54, 1.807) is 3.28 Å². The van der Waals surface area contributed by atoms with Gasteiger partial charge in [0.15, 0.2) is 0 Å². The van der Waals surface area contributed by atoms with Crippen molar-refractivity contribution in [1.82, 2.24) is 0 Å². The molecule has 0 bridgehead atoms. The van der Waals surface area contributed by atoms with Crippen LogP contribution in [0.2, 0.25) is 10.0 Å². The normalized spacial score (nSPS) is 18.4. The predicted molar refractivity (Wildman–Crippen MR) is 230 cm³/mol. The van der Waals surface area contributed by atoms with E-state index in [9.17, 15) is 0 Å². The first-order valence-electron chi connectivity index (χ1n) is 19.2. The Morgan fingerprint density at radius 1 is 0.618 bits per heavy atom. The van der Waals surface area contributed by atoms with E-state index < -0.39 is 19.3 Å². The summed E-state index contributed by atoms with van der Waals surface area (Å²) in [6.45, 7) is 26.2. The van der Waals surface area contributed by atoms with E-state index in [4.69, 9.17) is 23.2 Å². The molecule has 0 amide bonds. The quantitative estimate of drug-likeness (QED) is 0.194. The van der Waals surface area contributed by atoms with Gasteiger partial charge >= 0.3 is 334 Å². The molecule has 0 aliphatic heterocycles. The SMILES string of the molecule is CC1=CC(C)(C)c2cc3c(cc21)-c1cc2c(cc1[CH]3[Zr+2](=[CH]c1ccc(Cl)cc1)(=[CH]c1ccc(Cl)cc1)[C]1=C(C)C(C(C)(C)C)=CC1C)C(C)(C)C=C2C.[Cl-].[Cl-]. The van der Waals surface area contributed by atoms with E-state index in [-0.39, 0.29) is 44.7 Å². The summed E-state index contributed by atoms with van der Waals surface area (Å²) in [5.74, 6) is 0.309. The van der Waals surface area contributed by atoms with Crippen molar-refractivity contribution in [1.29, 1.82) is 0 Å². The summed E-state index contributed by atoms with van der Waals surface area (Å²) >= 11 is 9.00. The molecule has 8 rings (SSSR count). The molecule has 0 saturated carbocycles. The van der Waals surface area contributed by atoms with Crippen molar-refractivity contribution in [2.45, 2.75) is 90.6 Å². The van der Waals surface area contributed by atoms with Crippen LogP contribution in [0.25, 0.3) is 22.3 Å². The average molecular weight is 886 g/mol. The van der Waals surface area contributed by atoms with Gasteiger partial charge < -0.3 is 24.8 Å². The molecule has 0 spiro atoms. The van der Waals surface area contributed by atoms with Crippen LogP contribution in [0.5, 0.6) is 0 Å². The second kappa shape index (κ2) is 14.5. The minimum absolute atomic E-state index is 0. The van der Waals surface area contributed by atoms with Crippen LogP contribution in [0.1, 0.15) is 124 Å². The number of hydrogen-bond donors (Lipinski definition) is 0. The van der Waals surface area contributed by atoms with E-state index >= 15 is 0 Å². The number of fused-ring (bicyclic) bond motifs is 5. The molecular weight excluding hydrogens is 834 g/mol. The van der Waals surface area contributed by atoms with Gasteiger partial charge in [-0.15, -0.1) is 0 Å². The smallest absolute Gasteiger partial charge is 1.00 e. The van der Waals surface area contributed by atoms with Gasteiger partial charge in [0.25, 0.3) is 0 Å². The molecule has 4 aliphatic carbocycles. The molecule has 0 aromatic heterocycles. The Morgan fingerprint density at radius 2 is 1.02 bits per heavy atom. The average Bonchev–Trinajstić information content (AvgIpc) is 3.72. The van der Waals surface area contributed by atoms with E-state index in [0.717, 1.165) is 10.0 Å². The van der Waals surface area contributed by atoms with Gasteiger partial charge in [0.2, 0.25) is 0 Å². The predicted octanol–water partition coefficient (Wildman–Crippen LogP) is 8.21. The molecule has 0 radical (unpaired) electrons. The van der Waals surface area contributed by atoms with E-state index in [1.807, 2.05) is 0 Å². The Balaban J connectivity index is 0.00000257. The summed E-state index contributed by atoms with van der Waals surface area (Å²) in [5, 5.41) is 1.53. The molecule has 0 nitrogen and oxygen atoms in total. The monoisotopic (exact) mass is 882 g/mol. The van der Waals surface area contributed by atoms with Crippen molar-refractivity contribution >= 4 is 41.8 Å². The Labute approximate surface area is 356 Å². The van der Waals surface area contributed by atoms with Gasteiger partial charge in [-0.3, -0.25) is 0 Å². The zero-order valence-electron chi connectivity index (χ0n) is 34.0. The summed E-state index contributed by atoms with van der Waals surface area (Å²) < 4.78 is 7.44. The molecule has 0 heterocycles. The Hall–Kier alpha value is -2.38. The Kier molecular flexibility index (Phi) is 11.1. The number of halogens is 4. The van der Waals surface area contributed by atoms with Crippen molar-refractivity contribution in [2.24, 2.45) is 11.3 Å². The number of allylic oxidation sites excluding steroid dienone is 8. The van der Waals surface area contributed by atoms with Crippen molar-refractivity contribution in [3.8, 4) is 11.1 Å². The number of rotatable bonds is 4. The molecule has 0 fully saturated rings. The molecule has 4 aromatic carbocycles. The number of hydrogen-bond acceptors (Lipinski definition) is 0. The van der Waals surface area contributed by atoms with E-state index in [1.165, 1.54) is 77.9 Å². The third-order valence-electron chi connectivity index (χ3n) is 12.7. The summed E-state index contributed by atoms with van der Waals surface area (Å²) in [5.41, 5.74) is 19.7. The van der Waals surface area contributed by atoms with Gasteiger partial charge in [0, 0.05) is 0 Å². The number of benzene rings is 4.